The topological polar surface area (TPSA) is 20.3 Å². The smallest absolute Gasteiger partial charge is 0.164 e. The Hall–Kier alpha value is -1.15. The number of rotatable bonds is 4. The van der Waals surface area contributed by atoms with Crippen LogP contribution < -0.4 is 0 Å². The second-order valence-corrected chi connectivity index (χ2v) is 7.52. The molecule has 1 fully saturated rings. The molecule has 0 spiro atoms. The molecular formula is C19H29NO. The van der Waals surface area contributed by atoms with Gasteiger partial charge in [0.2, 0.25) is 0 Å². The molecule has 0 bridgehead atoms. The van der Waals surface area contributed by atoms with E-state index in [-0.39, 0.29) is 5.78 Å². The third-order valence-corrected chi connectivity index (χ3v) is 4.84. The van der Waals surface area contributed by atoms with E-state index >= 15 is 0 Å². The summed E-state index contributed by atoms with van der Waals surface area (Å²) in [5.74, 6) is 1.09. The lowest BCUT2D eigenvalue weighted by Crippen LogP contribution is -2.38. The van der Waals surface area contributed by atoms with E-state index in [0.29, 0.717) is 11.8 Å². The number of carbonyl (C=O) groups is 1. The summed E-state index contributed by atoms with van der Waals surface area (Å²) in [5, 5.41) is 0. The Bertz CT molecular complexity index is 461. The normalized spacial score (nSPS) is 17.9. The summed E-state index contributed by atoms with van der Waals surface area (Å²) in [6.45, 7) is 12.3. The first kappa shape index (κ1) is 16.2. The number of carbonyl (C=O) groups excluding carboxylic acids is 1. The fourth-order valence-corrected chi connectivity index (χ4v) is 3.17. The van der Waals surface area contributed by atoms with Crippen molar-refractivity contribution in [3.05, 3.63) is 35.4 Å². The van der Waals surface area contributed by atoms with E-state index in [1.807, 2.05) is 31.2 Å². The SMILES string of the molecule is Cc1ccc(C(=O)CCN2CCC(C(C)(C)C)CC2)cc1. The van der Waals surface area contributed by atoms with Crippen LogP contribution in [0.15, 0.2) is 24.3 Å². The molecule has 2 nitrogen and oxygen atoms in total. The molecule has 0 aliphatic carbocycles. The van der Waals surface area contributed by atoms with Gasteiger partial charge in [0.05, 0.1) is 0 Å². The minimum absolute atomic E-state index is 0.271. The minimum Gasteiger partial charge on any atom is -0.303 e. The Labute approximate surface area is 129 Å². The van der Waals surface area contributed by atoms with Gasteiger partial charge in [-0.25, -0.2) is 0 Å². The van der Waals surface area contributed by atoms with Gasteiger partial charge in [0.25, 0.3) is 0 Å². The van der Waals surface area contributed by atoms with Crippen molar-refractivity contribution in [1.82, 2.24) is 4.90 Å². The van der Waals surface area contributed by atoms with Crippen LogP contribution in [0.2, 0.25) is 0 Å². The van der Waals surface area contributed by atoms with E-state index in [1.54, 1.807) is 0 Å². The molecule has 1 aliphatic heterocycles. The van der Waals surface area contributed by atoms with E-state index in [0.717, 1.165) is 31.1 Å². The molecule has 1 aliphatic rings. The molecule has 0 saturated carbocycles. The Morgan fingerprint density at radius 2 is 1.71 bits per heavy atom. The molecule has 0 unspecified atom stereocenters. The number of piperidine rings is 1. The highest BCUT2D eigenvalue weighted by atomic mass is 16.1. The van der Waals surface area contributed by atoms with Crippen molar-refractivity contribution in [2.24, 2.45) is 11.3 Å². The van der Waals surface area contributed by atoms with Crippen molar-refractivity contribution in [2.45, 2.75) is 47.0 Å². The number of aryl methyl sites for hydroxylation is 1. The van der Waals surface area contributed by atoms with Crippen LogP contribution in [-0.2, 0) is 0 Å². The third-order valence-electron chi connectivity index (χ3n) is 4.84. The van der Waals surface area contributed by atoms with Gasteiger partial charge in [-0.3, -0.25) is 4.79 Å². The zero-order chi connectivity index (χ0) is 15.5. The Kier molecular flexibility index (Phi) is 5.21. The van der Waals surface area contributed by atoms with Crippen LogP contribution in [0.25, 0.3) is 0 Å². The van der Waals surface area contributed by atoms with E-state index in [2.05, 4.69) is 25.7 Å². The average Bonchev–Trinajstić information content (AvgIpc) is 2.45. The molecule has 2 heteroatoms. The van der Waals surface area contributed by atoms with Gasteiger partial charge in [0.1, 0.15) is 0 Å². The average molecular weight is 287 g/mol. The van der Waals surface area contributed by atoms with Crippen LogP contribution >= 0.6 is 0 Å². The Balaban J connectivity index is 1.77. The molecule has 116 valence electrons. The largest absolute Gasteiger partial charge is 0.303 e. The molecule has 0 amide bonds. The third kappa shape index (κ3) is 4.67. The first-order chi connectivity index (χ1) is 9.86. The second-order valence-electron chi connectivity index (χ2n) is 7.52. The van der Waals surface area contributed by atoms with Gasteiger partial charge >= 0.3 is 0 Å². The zero-order valence-electron chi connectivity index (χ0n) is 14.0. The summed E-state index contributed by atoms with van der Waals surface area (Å²) in [6.07, 6.45) is 3.17. The number of ketones is 1. The fraction of sp³-hybridized carbons (Fsp3) is 0.632. The molecule has 1 heterocycles. The van der Waals surface area contributed by atoms with Gasteiger partial charge in [-0.15, -0.1) is 0 Å². The lowest BCUT2D eigenvalue weighted by atomic mass is 9.75. The zero-order valence-corrected chi connectivity index (χ0v) is 14.0. The van der Waals surface area contributed by atoms with Crippen molar-refractivity contribution in [3.63, 3.8) is 0 Å². The van der Waals surface area contributed by atoms with E-state index in [1.165, 1.54) is 18.4 Å². The summed E-state index contributed by atoms with van der Waals surface area (Å²) in [4.78, 5) is 14.6. The summed E-state index contributed by atoms with van der Waals surface area (Å²) in [6, 6.07) is 7.93. The van der Waals surface area contributed by atoms with Gasteiger partial charge in [0, 0.05) is 18.5 Å². The molecule has 0 aromatic heterocycles. The van der Waals surface area contributed by atoms with Gasteiger partial charge in [-0.1, -0.05) is 50.6 Å². The van der Waals surface area contributed by atoms with Gasteiger partial charge in [-0.05, 0) is 44.2 Å². The molecule has 1 aromatic rings. The first-order valence-corrected chi connectivity index (χ1v) is 8.18. The highest BCUT2D eigenvalue weighted by Gasteiger charge is 2.28. The number of benzene rings is 1. The molecular weight excluding hydrogens is 258 g/mol. The van der Waals surface area contributed by atoms with Crippen LogP contribution in [0, 0.1) is 18.3 Å². The standard InChI is InChI=1S/C19H29NO/c1-15-5-7-16(8-6-15)18(21)11-14-20-12-9-17(10-13-20)19(2,3)4/h5-8,17H,9-14H2,1-4H3. The maximum absolute atomic E-state index is 12.2. The summed E-state index contributed by atoms with van der Waals surface area (Å²) < 4.78 is 0. The van der Waals surface area contributed by atoms with Crippen LogP contribution in [0.1, 0.15) is 56.0 Å². The van der Waals surface area contributed by atoms with Gasteiger partial charge in [0.15, 0.2) is 5.78 Å². The van der Waals surface area contributed by atoms with Crippen molar-refractivity contribution < 1.29 is 4.79 Å². The highest BCUT2D eigenvalue weighted by molar-refractivity contribution is 5.96. The quantitative estimate of drug-likeness (QED) is 0.768. The number of Topliss-reactive ketones (excluding diaryl/α,β-unsaturated/α-hetero) is 1. The second kappa shape index (κ2) is 6.74. The predicted molar refractivity (Wildman–Crippen MR) is 88.7 cm³/mol. The summed E-state index contributed by atoms with van der Waals surface area (Å²) in [7, 11) is 0. The van der Waals surface area contributed by atoms with Crippen molar-refractivity contribution in [3.8, 4) is 0 Å². The molecule has 2 rings (SSSR count). The highest BCUT2D eigenvalue weighted by Crippen LogP contribution is 2.34. The van der Waals surface area contributed by atoms with E-state index in [9.17, 15) is 4.79 Å². The van der Waals surface area contributed by atoms with Crippen LogP contribution in [-0.4, -0.2) is 30.3 Å². The lowest BCUT2D eigenvalue weighted by Gasteiger charge is -2.38. The maximum Gasteiger partial charge on any atom is 0.164 e. The van der Waals surface area contributed by atoms with E-state index in [4.69, 9.17) is 0 Å². The number of hydrogen-bond acceptors (Lipinski definition) is 2. The van der Waals surface area contributed by atoms with E-state index < -0.39 is 0 Å². The number of nitrogens with zero attached hydrogens (tertiary/aromatic N) is 1. The molecule has 1 aromatic carbocycles. The summed E-state index contributed by atoms with van der Waals surface area (Å²) in [5.41, 5.74) is 2.48. The van der Waals surface area contributed by atoms with Gasteiger partial charge < -0.3 is 4.90 Å². The first-order valence-electron chi connectivity index (χ1n) is 8.18. The molecule has 0 radical (unpaired) electrons. The van der Waals surface area contributed by atoms with Crippen LogP contribution in [0.5, 0.6) is 0 Å². The fourth-order valence-electron chi connectivity index (χ4n) is 3.17. The minimum atomic E-state index is 0.271. The molecule has 0 N–H and O–H groups in total. The van der Waals surface area contributed by atoms with Crippen LogP contribution in [0.3, 0.4) is 0 Å². The monoisotopic (exact) mass is 287 g/mol. The molecule has 1 saturated heterocycles. The molecule has 0 atom stereocenters. The van der Waals surface area contributed by atoms with Gasteiger partial charge in [-0.2, -0.15) is 0 Å². The van der Waals surface area contributed by atoms with Crippen molar-refractivity contribution in [1.29, 1.82) is 0 Å². The Morgan fingerprint density at radius 3 is 2.24 bits per heavy atom. The van der Waals surface area contributed by atoms with Crippen LogP contribution in [0.4, 0.5) is 0 Å². The van der Waals surface area contributed by atoms with Crippen molar-refractivity contribution >= 4 is 5.78 Å². The Morgan fingerprint density at radius 1 is 1.14 bits per heavy atom. The molecule has 21 heavy (non-hydrogen) atoms. The number of likely N-dealkylation sites (tertiary alicyclic amines) is 1. The predicted octanol–water partition coefficient (Wildman–Crippen LogP) is 4.33. The van der Waals surface area contributed by atoms with Crippen molar-refractivity contribution in [2.75, 3.05) is 19.6 Å². The maximum atomic E-state index is 12.2. The summed E-state index contributed by atoms with van der Waals surface area (Å²) >= 11 is 0. The number of hydrogen-bond donors (Lipinski definition) is 0. The lowest BCUT2D eigenvalue weighted by molar-refractivity contribution is 0.0902.